The molecule has 30 heavy (non-hydrogen) atoms. The zero-order valence-corrected chi connectivity index (χ0v) is 18.7. The first-order valence-corrected chi connectivity index (χ1v) is 11.2. The van der Waals surface area contributed by atoms with Crippen LogP contribution >= 0.6 is 11.3 Å². The van der Waals surface area contributed by atoms with Gasteiger partial charge in [-0.2, -0.15) is 0 Å². The van der Waals surface area contributed by atoms with Crippen molar-refractivity contribution in [2.75, 3.05) is 19.7 Å². The lowest BCUT2D eigenvalue weighted by atomic mass is 9.95. The van der Waals surface area contributed by atoms with Crippen LogP contribution in [0.15, 0.2) is 29.3 Å². The molecule has 0 saturated heterocycles. The van der Waals surface area contributed by atoms with Crippen molar-refractivity contribution in [3.05, 3.63) is 51.2 Å². The summed E-state index contributed by atoms with van der Waals surface area (Å²) in [4.78, 5) is 21.9. The number of thiazole rings is 1. The summed E-state index contributed by atoms with van der Waals surface area (Å²) in [5, 5.41) is 7.39. The molecule has 1 fully saturated rings. The van der Waals surface area contributed by atoms with Crippen LogP contribution in [0.2, 0.25) is 0 Å². The number of esters is 1. The summed E-state index contributed by atoms with van der Waals surface area (Å²) < 4.78 is 19.4. The molecule has 1 atom stereocenters. The molecule has 0 aliphatic heterocycles. The molecule has 1 heterocycles. The van der Waals surface area contributed by atoms with Crippen molar-refractivity contribution < 1.29 is 13.9 Å². The van der Waals surface area contributed by atoms with Crippen LogP contribution in [0.25, 0.3) is 0 Å². The summed E-state index contributed by atoms with van der Waals surface area (Å²) in [6.45, 7) is 9.12. The first-order valence-electron chi connectivity index (χ1n) is 10.3. The van der Waals surface area contributed by atoms with Gasteiger partial charge in [-0.1, -0.05) is 18.2 Å². The lowest BCUT2D eigenvalue weighted by Crippen LogP contribution is -2.39. The van der Waals surface area contributed by atoms with E-state index in [0.717, 1.165) is 23.4 Å². The third-order valence-corrected chi connectivity index (χ3v) is 6.50. The molecule has 162 valence electrons. The molecule has 0 amide bonds. The van der Waals surface area contributed by atoms with Crippen molar-refractivity contribution in [1.82, 2.24) is 15.6 Å². The number of carbonyl (C=O) groups excluding carboxylic acids is 1. The molecular formula is C22H29FN4O2S. The zero-order valence-electron chi connectivity index (χ0n) is 17.9. The second kappa shape index (κ2) is 9.55. The van der Waals surface area contributed by atoms with Crippen LogP contribution in [0.5, 0.6) is 0 Å². The van der Waals surface area contributed by atoms with Crippen LogP contribution < -0.4 is 10.6 Å². The summed E-state index contributed by atoms with van der Waals surface area (Å²) in [6, 6.07) is 6.82. The molecule has 1 aliphatic carbocycles. The molecule has 1 saturated carbocycles. The minimum absolute atomic E-state index is 0.140. The maximum absolute atomic E-state index is 14.3. The van der Waals surface area contributed by atoms with Gasteiger partial charge in [-0.25, -0.2) is 14.2 Å². The number of benzene rings is 1. The van der Waals surface area contributed by atoms with Crippen LogP contribution in [0, 0.1) is 12.7 Å². The third kappa shape index (κ3) is 4.98. The van der Waals surface area contributed by atoms with E-state index in [1.165, 1.54) is 17.4 Å². The summed E-state index contributed by atoms with van der Waals surface area (Å²) in [5.74, 6) is 0.145. The van der Waals surface area contributed by atoms with Crippen LogP contribution in [0.3, 0.4) is 0 Å². The Morgan fingerprint density at radius 3 is 2.73 bits per heavy atom. The fraction of sp³-hybridized carbons (Fsp3) is 0.500. The summed E-state index contributed by atoms with van der Waals surface area (Å²) in [6.07, 6.45) is 1.86. The topological polar surface area (TPSA) is 75.6 Å². The Kier molecular flexibility index (Phi) is 7.07. The largest absolute Gasteiger partial charge is 0.462 e. The molecule has 0 bridgehead atoms. The lowest BCUT2D eigenvalue weighted by molar-refractivity contribution is 0.0531. The average molecular weight is 433 g/mol. The second-order valence-corrected chi connectivity index (χ2v) is 8.54. The number of hydrogen-bond acceptors (Lipinski definition) is 5. The monoisotopic (exact) mass is 432 g/mol. The Hall–Kier alpha value is -2.48. The number of nitrogens with zero attached hydrogens (tertiary/aromatic N) is 2. The number of aromatic nitrogens is 1. The molecule has 1 aromatic heterocycles. The summed E-state index contributed by atoms with van der Waals surface area (Å²) >= 11 is 1.33. The first kappa shape index (κ1) is 22.2. The maximum Gasteiger partial charge on any atom is 0.350 e. The van der Waals surface area contributed by atoms with E-state index in [1.807, 2.05) is 32.9 Å². The van der Waals surface area contributed by atoms with Crippen LogP contribution in [0.1, 0.15) is 65.6 Å². The summed E-state index contributed by atoms with van der Waals surface area (Å²) in [7, 11) is 0. The normalized spacial score (nSPS) is 16.1. The van der Waals surface area contributed by atoms with Crippen LogP contribution in [0.4, 0.5) is 4.39 Å². The average Bonchev–Trinajstić information content (AvgIpc) is 3.40. The van der Waals surface area contributed by atoms with E-state index in [-0.39, 0.29) is 23.2 Å². The van der Waals surface area contributed by atoms with Gasteiger partial charge in [-0.15, -0.1) is 11.3 Å². The Bertz CT molecular complexity index is 924. The van der Waals surface area contributed by atoms with E-state index in [4.69, 9.17) is 9.73 Å². The smallest absolute Gasteiger partial charge is 0.350 e. The van der Waals surface area contributed by atoms with E-state index in [2.05, 4.69) is 15.6 Å². The number of rotatable bonds is 8. The van der Waals surface area contributed by atoms with Crippen molar-refractivity contribution in [3.8, 4) is 0 Å². The molecule has 2 N–H and O–H groups in total. The van der Waals surface area contributed by atoms with Crippen molar-refractivity contribution in [3.63, 3.8) is 0 Å². The predicted octanol–water partition coefficient (Wildman–Crippen LogP) is 4.12. The highest BCUT2D eigenvalue weighted by atomic mass is 32.1. The van der Waals surface area contributed by atoms with Gasteiger partial charge in [0.1, 0.15) is 15.7 Å². The minimum atomic E-state index is -0.341. The van der Waals surface area contributed by atoms with Gasteiger partial charge >= 0.3 is 5.97 Å². The summed E-state index contributed by atoms with van der Waals surface area (Å²) in [5.41, 5.74) is 1.19. The van der Waals surface area contributed by atoms with E-state index in [0.29, 0.717) is 36.2 Å². The lowest BCUT2D eigenvalue weighted by Gasteiger charge is -2.18. The number of nitrogens with one attached hydrogen (secondary N) is 2. The van der Waals surface area contributed by atoms with E-state index >= 15 is 0 Å². The molecule has 0 spiro atoms. The Labute approximate surface area is 181 Å². The van der Waals surface area contributed by atoms with Crippen LogP contribution in [-0.2, 0) is 10.2 Å². The molecule has 1 aliphatic rings. The van der Waals surface area contributed by atoms with Crippen molar-refractivity contribution in [2.24, 2.45) is 4.99 Å². The maximum atomic E-state index is 14.3. The highest BCUT2D eigenvalue weighted by Crippen LogP contribution is 2.49. The standard InChI is InChI=1S/C22H29FN4O2S/c1-5-24-21(25-13-22(11-12-22)16-9-7-8-10-17(16)23)27-15(4)19-26-14(3)18(30-19)20(28)29-6-2/h7-10,15H,5-6,11-13H2,1-4H3,(H2,24,25,27). The molecule has 0 radical (unpaired) electrons. The van der Waals surface area contributed by atoms with Crippen LogP contribution in [-0.4, -0.2) is 36.6 Å². The van der Waals surface area contributed by atoms with Gasteiger partial charge in [-0.3, -0.25) is 4.99 Å². The number of aryl methyl sites for hydroxylation is 1. The second-order valence-electron chi connectivity index (χ2n) is 7.51. The van der Waals surface area contributed by atoms with Gasteiger partial charge in [0.15, 0.2) is 5.96 Å². The number of guanidine groups is 1. The molecular weight excluding hydrogens is 403 g/mol. The molecule has 8 heteroatoms. The highest BCUT2D eigenvalue weighted by molar-refractivity contribution is 7.13. The number of halogens is 1. The minimum Gasteiger partial charge on any atom is -0.462 e. The highest BCUT2D eigenvalue weighted by Gasteiger charge is 2.45. The third-order valence-electron chi connectivity index (χ3n) is 5.18. The number of aliphatic imine (C=N–C) groups is 1. The van der Waals surface area contributed by atoms with Crippen molar-refractivity contribution in [1.29, 1.82) is 0 Å². The van der Waals surface area contributed by atoms with Gasteiger partial charge in [0.2, 0.25) is 0 Å². The molecule has 1 unspecified atom stereocenters. The van der Waals surface area contributed by atoms with E-state index < -0.39 is 0 Å². The van der Waals surface area contributed by atoms with Gasteiger partial charge < -0.3 is 15.4 Å². The van der Waals surface area contributed by atoms with Crippen molar-refractivity contribution in [2.45, 2.75) is 52.0 Å². The predicted molar refractivity (Wildman–Crippen MR) is 118 cm³/mol. The molecule has 3 rings (SSSR count). The van der Waals surface area contributed by atoms with Gasteiger partial charge in [0, 0.05) is 12.0 Å². The SMILES string of the molecule is CCNC(=NCC1(c2ccccc2F)CC1)NC(C)c1nc(C)c(C(=O)OCC)s1. The van der Waals surface area contributed by atoms with E-state index in [1.54, 1.807) is 13.0 Å². The number of hydrogen-bond donors (Lipinski definition) is 2. The number of carbonyl (C=O) groups is 1. The molecule has 6 nitrogen and oxygen atoms in total. The molecule has 1 aromatic carbocycles. The van der Waals surface area contributed by atoms with Gasteiger partial charge in [0.05, 0.1) is 24.9 Å². The fourth-order valence-corrected chi connectivity index (χ4v) is 4.32. The number of ether oxygens (including phenoxy) is 1. The Morgan fingerprint density at radius 1 is 1.37 bits per heavy atom. The Morgan fingerprint density at radius 2 is 2.10 bits per heavy atom. The molecule has 2 aromatic rings. The van der Waals surface area contributed by atoms with E-state index in [9.17, 15) is 9.18 Å². The van der Waals surface area contributed by atoms with Crippen molar-refractivity contribution >= 4 is 23.3 Å². The first-order chi connectivity index (χ1) is 14.4. The quantitative estimate of drug-likeness (QED) is 0.373. The van der Waals surface area contributed by atoms with Gasteiger partial charge in [0.25, 0.3) is 0 Å². The van der Waals surface area contributed by atoms with Gasteiger partial charge in [-0.05, 0) is 52.2 Å². The fourth-order valence-electron chi connectivity index (χ4n) is 3.36. The Balaban J connectivity index is 1.72. The zero-order chi connectivity index (χ0) is 21.7.